The average Bonchev–Trinajstić information content (AvgIpc) is 2.71. The average molecular weight is 294 g/mol. The Labute approximate surface area is 108 Å². The molecule has 1 aliphatic carbocycles. The molecule has 0 amide bonds. The molecule has 4 heteroatoms. The molecule has 1 saturated carbocycles. The third kappa shape index (κ3) is 1.63. The van der Waals surface area contributed by atoms with Gasteiger partial charge in [-0.05, 0) is 58.5 Å². The van der Waals surface area contributed by atoms with Crippen molar-refractivity contribution in [3.63, 3.8) is 0 Å². The summed E-state index contributed by atoms with van der Waals surface area (Å²) in [5.74, 6) is 0.943. The Kier molecular flexibility index (Phi) is 2.57. The molecule has 0 atom stereocenters. The summed E-state index contributed by atoms with van der Waals surface area (Å²) in [6.45, 7) is 0.737. The molecule has 0 bridgehead atoms. The van der Waals surface area contributed by atoms with Gasteiger partial charge in [-0.2, -0.15) is 4.99 Å². The molecule has 3 nitrogen and oxygen atoms in total. The van der Waals surface area contributed by atoms with Gasteiger partial charge in [0.25, 0.3) is 0 Å². The number of rotatable bonds is 2. The minimum absolute atomic E-state index is 0.318. The Bertz CT molecular complexity index is 516. The lowest BCUT2D eigenvalue weighted by Crippen LogP contribution is -2.31. The van der Waals surface area contributed by atoms with Crippen LogP contribution in [0.2, 0.25) is 0 Å². The van der Waals surface area contributed by atoms with E-state index in [2.05, 4.69) is 27.0 Å². The molecule has 1 fully saturated rings. The lowest BCUT2D eigenvalue weighted by Gasteiger charge is -2.37. The highest BCUT2D eigenvalue weighted by atomic mass is 79.9. The van der Waals surface area contributed by atoms with Crippen molar-refractivity contribution in [3.05, 3.63) is 27.7 Å². The van der Waals surface area contributed by atoms with Crippen molar-refractivity contribution in [1.29, 1.82) is 0 Å². The van der Waals surface area contributed by atoms with Crippen LogP contribution in [0.4, 0.5) is 0 Å². The fourth-order valence-corrected chi connectivity index (χ4v) is 3.21. The SMILES string of the molecule is O=C=NC1(c2cc(Br)c3c(c2)CCO3)CCC1. The lowest BCUT2D eigenvalue weighted by molar-refractivity contribution is 0.255. The molecule has 1 aliphatic heterocycles. The summed E-state index contributed by atoms with van der Waals surface area (Å²) in [5.41, 5.74) is 2.01. The molecule has 0 N–H and O–H groups in total. The molecule has 1 aromatic carbocycles. The van der Waals surface area contributed by atoms with Gasteiger partial charge in [0.2, 0.25) is 6.08 Å². The van der Waals surface area contributed by atoms with Crippen LogP contribution in [-0.2, 0) is 16.8 Å². The first-order chi connectivity index (χ1) is 8.25. The van der Waals surface area contributed by atoms with E-state index >= 15 is 0 Å². The molecule has 2 aliphatic rings. The molecule has 1 aromatic rings. The van der Waals surface area contributed by atoms with Crippen molar-refractivity contribution in [3.8, 4) is 5.75 Å². The van der Waals surface area contributed by atoms with Crippen LogP contribution in [0.5, 0.6) is 5.75 Å². The van der Waals surface area contributed by atoms with Crippen LogP contribution in [0.3, 0.4) is 0 Å². The Morgan fingerprint density at radius 3 is 2.88 bits per heavy atom. The normalized spacial score (nSPS) is 19.8. The molecule has 0 aromatic heterocycles. The van der Waals surface area contributed by atoms with Gasteiger partial charge in [0.05, 0.1) is 16.6 Å². The quantitative estimate of drug-likeness (QED) is 0.621. The van der Waals surface area contributed by atoms with Crippen molar-refractivity contribution in [2.75, 3.05) is 6.61 Å². The van der Waals surface area contributed by atoms with Crippen LogP contribution in [-0.4, -0.2) is 12.7 Å². The largest absolute Gasteiger partial charge is 0.492 e. The summed E-state index contributed by atoms with van der Waals surface area (Å²) in [7, 11) is 0. The highest BCUT2D eigenvalue weighted by molar-refractivity contribution is 9.10. The van der Waals surface area contributed by atoms with Gasteiger partial charge < -0.3 is 4.74 Å². The number of nitrogens with zero attached hydrogens (tertiary/aromatic N) is 1. The zero-order valence-electron chi connectivity index (χ0n) is 9.33. The van der Waals surface area contributed by atoms with Gasteiger partial charge in [-0.1, -0.05) is 0 Å². The van der Waals surface area contributed by atoms with Gasteiger partial charge in [0.15, 0.2) is 0 Å². The van der Waals surface area contributed by atoms with Crippen LogP contribution in [0.25, 0.3) is 0 Å². The topological polar surface area (TPSA) is 38.7 Å². The van der Waals surface area contributed by atoms with E-state index in [0.29, 0.717) is 0 Å². The number of benzene rings is 1. The van der Waals surface area contributed by atoms with Crippen molar-refractivity contribution in [2.45, 2.75) is 31.2 Å². The third-order valence-electron chi connectivity index (χ3n) is 3.72. The fourth-order valence-electron chi connectivity index (χ4n) is 2.59. The van der Waals surface area contributed by atoms with E-state index in [-0.39, 0.29) is 5.54 Å². The van der Waals surface area contributed by atoms with Crippen molar-refractivity contribution in [2.24, 2.45) is 4.99 Å². The summed E-state index contributed by atoms with van der Waals surface area (Å²) >= 11 is 3.53. The first-order valence-electron chi connectivity index (χ1n) is 5.80. The zero-order valence-corrected chi connectivity index (χ0v) is 10.9. The molecule has 1 heterocycles. The van der Waals surface area contributed by atoms with Gasteiger partial charge in [-0.25, -0.2) is 4.79 Å². The maximum Gasteiger partial charge on any atom is 0.235 e. The summed E-state index contributed by atoms with van der Waals surface area (Å²) in [4.78, 5) is 14.6. The van der Waals surface area contributed by atoms with Crippen molar-refractivity contribution >= 4 is 22.0 Å². The van der Waals surface area contributed by atoms with Gasteiger partial charge >= 0.3 is 0 Å². The molecular weight excluding hydrogens is 282 g/mol. The van der Waals surface area contributed by atoms with Crippen LogP contribution in [0.15, 0.2) is 21.6 Å². The second-order valence-corrected chi connectivity index (χ2v) is 5.49. The highest BCUT2D eigenvalue weighted by Gasteiger charge is 2.39. The van der Waals surface area contributed by atoms with Crippen molar-refractivity contribution < 1.29 is 9.53 Å². The van der Waals surface area contributed by atoms with Gasteiger partial charge in [0, 0.05) is 6.42 Å². The maximum absolute atomic E-state index is 10.6. The van der Waals surface area contributed by atoms with E-state index in [4.69, 9.17) is 4.74 Å². The third-order valence-corrected chi connectivity index (χ3v) is 4.31. The lowest BCUT2D eigenvalue weighted by atomic mass is 9.72. The molecule has 0 spiro atoms. The Morgan fingerprint density at radius 2 is 2.24 bits per heavy atom. The highest BCUT2D eigenvalue weighted by Crippen LogP contribution is 2.47. The number of isocyanates is 1. The van der Waals surface area contributed by atoms with E-state index < -0.39 is 0 Å². The van der Waals surface area contributed by atoms with Gasteiger partial charge in [0.1, 0.15) is 5.75 Å². The summed E-state index contributed by atoms with van der Waals surface area (Å²) in [5, 5.41) is 0. The standard InChI is InChI=1S/C13H12BrNO2/c14-11-7-10(6-9-2-5-17-12(9)11)13(15-8-16)3-1-4-13/h6-7H,1-5H2. The fraction of sp³-hybridized carbons (Fsp3) is 0.462. The number of aliphatic imine (C=N–C) groups is 1. The molecule has 88 valence electrons. The number of hydrogen-bond acceptors (Lipinski definition) is 3. The number of fused-ring (bicyclic) bond motifs is 1. The molecular formula is C13H12BrNO2. The van der Waals surface area contributed by atoms with Crippen molar-refractivity contribution in [1.82, 2.24) is 0 Å². The summed E-state index contributed by atoms with van der Waals surface area (Å²) in [6.07, 6.45) is 5.66. The second kappa shape index (κ2) is 3.97. The minimum Gasteiger partial charge on any atom is -0.492 e. The van der Waals surface area contributed by atoms with Crippen LogP contribution >= 0.6 is 15.9 Å². The van der Waals surface area contributed by atoms with Gasteiger partial charge in [-0.15, -0.1) is 0 Å². The monoisotopic (exact) mass is 293 g/mol. The Hall–Kier alpha value is -1.12. The summed E-state index contributed by atoms with van der Waals surface area (Å²) in [6, 6.07) is 4.16. The summed E-state index contributed by atoms with van der Waals surface area (Å²) < 4.78 is 6.52. The van der Waals surface area contributed by atoms with E-state index in [1.807, 2.05) is 6.07 Å². The smallest absolute Gasteiger partial charge is 0.235 e. The molecule has 3 rings (SSSR count). The van der Waals surface area contributed by atoms with E-state index in [0.717, 1.165) is 48.1 Å². The predicted molar refractivity (Wildman–Crippen MR) is 67.0 cm³/mol. The molecule has 17 heavy (non-hydrogen) atoms. The van der Waals surface area contributed by atoms with E-state index in [1.165, 1.54) is 5.56 Å². The van der Waals surface area contributed by atoms with Crippen LogP contribution in [0, 0.1) is 0 Å². The number of carbonyl (C=O) groups excluding carboxylic acids is 1. The molecule has 0 unspecified atom stereocenters. The van der Waals surface area contributed by atoms with Crippen LogP contribution < -0.4 is 4.74 Å². The first kappa shape index (κ1) is 11.0. The number of ether oxygens (including phenoxy) is 1. The first-order valence-corrected chi connectivity index (χ1v) is 6.59. The Morgan fingerprint density at radius 1 is 1.41 bits per heavy atom. The van der Waals surface area contributed by atoms with E-state index in [9.17, 15) is 4.79 Å². The second-order valence-electron chi connectivity index (χ2n) is 4.63. The maximum atomic E-state index is 10.6. The number of halogens is 1. The number of hydrogen-bond donors (Lipinski definition) is 0. The van der Waals surface area contributed by atoms with E-state index in [1.54, 1.807) is 6.08 Å². The zero-order chi connectivity index (χ0) is 11.9. The predicted octanol–water partition coefficient (Wildman–Crippen LogP) is 3.10. The molecule has 0 radical (unpaired) electrons. The van der Waals surface area contributed by atoms with Gasteiger partial charge in [-0.3, -0.25) is 0 Å². The molecule has 0 saturated heterocycles. The van der Waals surface area contributed by atoms with Crippen LogP contribution in [0.1, 0.15) is 30.4 Å². The minimum atomic E-state index is -0.318. The Balaban J connectivity index is 2.09.